The summed E-state index contributed by atoms with van der Waals surface area (Å²) in [5, 5.41) is 0. The van der Waals surface area contributed by atoms with E-state index in [2.05, 4.69) is 41.6 Å². The first-order valence-electron chi connectivity index (χ1n) is 9.34. The number of thiocarbonyl (C=S) groups is 1. The minimum atomic E-state index is -0.0354. The lowest BCUT2D eigenvalue weighted by Gasteiger charge is -2.14. The largest absolute Gasteiger partial charge is 0.316 e. The van der Waals surface area contributed by atoms with Gasteiger partial charge in [0.25, 0.3) is 5.91 Å². The van der Waals surface area contributed by atoms with Crippen LogP contribution in [-0.2, 0) is 11.3 Å². The molecule has 1 aliphatic heterocycles. The molecule has 1 aliphatic rings. The number of hydrogen-bond acceptors (Lipinski definition) is 4. The van der Waals surface area contributed by atoms with Crippen molar-refractivity contribution in [3.05, 3.63) is 87.8 Å². The summed E-state index contributed by atoms with van der Waals surface area (Å²) < 4.78 is 2.74. The van der Waals surface area contributed by atoms with Gasteiger partial charge in [0, 0.05) is 17.6 Å². The molecule has 0 spiro atoms. The van der Waals surface area contributed by atoms with E-state index >= 15 is 0 Å². The van der Waals surface area contributed by atoms with E-state index in [0.717, 1.165) is 28.2 Å². The Morgan fingerprint density at radius 3 is 2.59 bits per heavy atom. The van der Waals surface area contributed by atoms with Crippen LogP contribution in [0.2, 0.25) is 0 Å². The number of hydrogen-bond donors (Lipinski definition) is 0. The lowest BCUT2D eigenvalue weighted by Crippen LogP contribution is -2.27. The highest BCUT2D eigenvalue weighted by atomic mass is 32.2. The predicted molar refractivity (Wildman–Crippen MR) is 123 cm³/mol. The van der Waals surface area contributed by atoms with E-state index in [1.165, 1.54) is 17.3 Å². The van der Waals surface area contributed by atoms with E-state index in [0.29, 0.717) is 15.8 Å². The summed E-state index contributed by atoms with van der Waals surface area (Å²) in [4.78, 5) is 19.5. The van der Waals surface area contributed by atoms with Crippen LogP contribution in [0.15, 0.2) is 59.8 Å². The van der Waals surface area contributed by atoms with Gasteiger partial charge in [0.05, 0.1) is 23.3 Å². The highest BCUT2D eigenvalue weighted by Gasteiger charge is 2.32. The van der Waals surface area contributed by atoms with Crippen LogP contribution in [0, 0.1) is 20.8 Å². The predicted octanol–water partition coefficient (Wildman–Crippen LogP) is 5.20. The van der Waals surface area contributed by atoms with Crippen molar-refractivity contribution in [1.29, 1.82) is 0 Å². The number of aryl methyl sites for hydroxylation is 2. The first-order chi connectivity index (χ1) is 13.9. The van der Waals surface area contributed by atoms with Gasteiger partial charge in [-0.1, -0.05) is 53.8 Å². The lowest BCUT2D eigenvalue weighted by molar-refractivity contribution is -0.122. The molecule has 1 saturated heterocycles. The number of carbonyl (C=O) groups is 1. The van der Waals surface area contributed by atoms with Gasteiger partial charge in [0.15, 0.2) is 0 Å². The maximum absolute atomic E-state index is 13.0. The number of pyridine rings is 1. The molecule has 1 fully saturated rings. The second-order valence-corrected chi connectivity index (χ2v) is 8.80. The average molecular weight is 420 g/mol. The molecule has 146 valence electrons. The number of rotatable bonds is 4. The van der Waals surface area contributed by atoms with Crippen LogP contribution in [0.1, 0.15) is 28.1 Å². The Balaban J connectivity index is 1.62. The fourth-order valence-corrected chi connectivity index (χ4v) is 4.72. The molecular weight excluding hydrogens is 398 g/mol. The van der Waals surface area contributed by atoms with Crippen LogP contribution in [-0.4, -0.2) is 24.7 Å². The Morgan fingerprint density at radius 1 is 1.14 bits per heavy atom. The highest BCUT2D eigenvalue weighted by molar-refractivity contribution is 8.26. The summed E-state index contributed by atoms with van der Waals surface area (Å²) in [6.45, 7) is 6.66. The molecule has 0 atom stereocenters. The Labute approximate surface area is 180 Å². The molecule has 0 bridgehead atoms. The maximum atomic E-state index is 13.0. The normalized spacial score (nSPS) is 15.6. The van der Waals surface area contributed by atoms with Crippen molar-refractivity contribution < 1.29 is 4.79 Å². The van der Waals surface area contributed by atoms with Crippen LogP contribution in [0.25, 0.3) is 11.8 Å². The van der Waals surface area contributed by atoms with Crippen molar-refractivity contribution in [3.63, 3.8) is 0 Å². The van der Waals surface area contributed by atoms with Crippen molar-refractivity contribution in [2.45, 2.75) is 27.3 Å². The van der Waals surface area contributed by atoms with Gasteiger partial charge < -0.3 is 4.57 Å². The lowest BCUT2D eigenvalue weighted by atomic mass is 10.1. The van der Waals surface area contributed by atoms with Gasteiger partial charge in [-0.25, -0.2) is 0 Å². The van der Waals surface area contributed by atoms with Gasteiger partial charge in [0.2, 0.25) is 0 Å². The number of amides is 1. The van der Waals surface area contributed by atoms with Crippen LogP contribution in [0.5, 0.6) is 0 Å². The third-order valence-electron chi connectivity index (χ3n) is 5.00. The van der Waals surface area contributed by atoms with E-state index in [9.17, 15) is 4.79 Å². The summed E-state index contributed by atoms with van der Waals surface area (Å²) in [5.41, 5.74) is 6.46. The van der Waals surface area contributed by atoms with Crippen molar-refractivity contribution in [1.82, 2.24) is 14.5 Å². The summed E-state index contributed by atoms with van der Waals surface area (Å²) in [6, 6.07) is 14.2. The molecule has 29 heavy (non-hydrogen) atoms. The standard InChI is InChI=1S/C23H21N3OS2/c1-15-6-8-18(9-7-15)14-25-22(27)21(29-23(25)28)12-19-11-16(2)26(17(19)3)20-5-4-10-24-13-20/h4-13H,14H2,1-3H3. The molecule has 3 aromatic rings. The van der Waals surface area contributed by atoms with Crippen molar-refractivity contribution >= 4 is 40.3 Å². The Kier molecular flexibility index (Phi) is 5.39. The Hall–Kier alpha value is -2.70. The van der Waals surface area contributed by atoms with E-state index in [1.54, 1.807) is 11.1 Å². The number of nitrogens with zero attached hydrogens (tertiary/aromatic N) is 3. The first kappa shape index (κ1) is 19.6. The number of benzene rings is 1. The third kappa shape index (κ3) is 3.91. The molecule has 4 nitrogen and oxygen atoms in total. The second-order valence-electron chi connectivity index (χ2n) is 7.13. The maximum Gasteiger partial charge on any atom is 0.266 e. The number of thioether (sulfide) groups is 1. The van der Waals surface area contributed by atoms with Crippen LogP contribution in [0.3, 0.4) is 0 Å². The molecular formula is C23H21N3OS2. The number of aromatic nitrogens is 2. The van der Waals surface area contributed by atoms with E-state index in [4.69, 9.17) is 12.2 Å². The Morgan fingerprint density at radius 2 is 1.90 bits per heavy atom. The monoisotopic (exact) mass is 419 g/mol. The zero-order valence-electron chi connectivity index (χ0n) is 16.5. The zero-order valence-corrected chi connectivity index (χ0v) is 18.2. The van der Waals surface area contributed by atoms with Gasteiger partial charge in [-0.3, -0.25) is 14.7 Å². The molecule has 1 amide bonds. The SMILES string of the molecule is Cc1ccc(CN2C(=O)C(=Cc3cc(C)n(-c4cccnc4)c3C)SC2=S)cc1. The first-order valence-corrected chi connectivity index (χ1v) is 10.6. The van der Waals surface area contributed by atoms with Crippen molar-refractivity contribution in [2.75, 3.05) is 0 Å². The number of carbonyl (C=O) groups excluding carboxylic acids is 1. The fourth-order valence-electron chi connectivity index (χ4n) is 3.47. The topological polar surface area (TPSA) is 38.1 Å². The van der Waals surface area contributed by atoms with Gasteiger partial charge in [-0.2, -0.15) is 0 Å². The minimum absolute atomic E-state index is 0.0354. The molecule has 2 aromatic heterocycles. The average Bonchev–Trinajstić information content (AvgIpc) is 3.14. The summed E-state index contributed by atoms with van der Waals surface area (Å²) in [6.07, 6.45) is 5.55. The minimum Gasteiger partial charge on any atom is -0.316 e. The van der Waals surface area contributed by atoms with Gasteiger partial charge in [-0.15, -0.1) is 0 Å². The van der Waals surface area contributed by atoms with Crippen molar-refractivity contribution in [3.8, 4) is 5.69 Å². The summed E-state index contributed by atoms with van der Waals surface area (Å²) >= 11 is 6.86. The van der Waals surface area contributed by atoms with E-state index < -0.39 is 0 Å². The second kappa shape index (κ2) is 7.97. The molecule has 4 rings (SSSR count). The Bertz CT molecular complexity index is 1120. The van der Waals surface area contributed by atoms with Gasteiger partial charge in [0.1, 0.15) is 4.32 Å². The van der Waals surface area contributed by atoms with Crippen molar-refractivity contribution in [2.24, 2.45) is 0 Å². The summed E-state index contributed by atoms with van der Waals surface area (Å²) in [7, 11) is 0. The fraction of sp³-hybridized carbons (Fsp3) is 0.174. The van der Waals surface area contributed by atoms with E-state index in [1.807, 2.05) is 43.5 Å². The molecule has 0 unspecified atom stereocenters. The van der Waals surface area contributed by atoms with Crippen LogP contribution >= 0.6 is 24.0 Å². The molecule has 6 heteroatoms. The molecule has 0 aliphatic carbocycles. The van der Waals surface area contributed by atoms with Gasteiger partial charge in [-0.05, 0) is 56.2 Å². The molecule has 0 radical (unpaired) electrons. The van der Waals surface area contributed by atoms with Crippen LogP contribution in [0.4, 0.5) is 0 Å². The smallest absolute Gasteiger partial charge is 0.266 e. The molecule has 0 saturated carbocycles. The highest BCUT2D eigenvalue weighted by Crippen LogP contribution is 2.35. The quantitative estimate of drug-likeness (QED) is 0.430. The summed E-state index contributed by atoms with van der Waals surface area (Å²) in [5.74, 6) is -0.0354. The molecule has 0 N–H and O–H groups in total. The molecule has 1 aromatic carbocycles. The van der Waals surface area contributed by atoms with E-state index in [-0.39, 0.29) is 5.91 Å². The third-order valence-corrected chi connectivity index (χ3v) is 6.37. The zero-order chi connectivity index (χ0) is 20.5. The van der Waals surface area contributed by atoms with Crippen LogP contribution < -0.4 is 0 Å². The molecule has 3 heterocycles. The van der Waals surface area contributed by atoms with Gasteiger partial charge >= 0.3 is 0 Å².